The van der Waals surface area contributed by atoms with Gasteiger partial charge < -0.3 is 23.8 Å². The van der Waals surface area contributed by atoms with Gasteiger partial charge in [-0.2, -0.15) is 5.10 Å². The molecular weight excluding hydrogens is 645 g/mol. The minimum atomic E-state index is -0.965. The van der Waals surface area contributed by atoms with Crippen molar-refractivity contribution in [2.45, 2.75) is 91.1 Å². The van der Waals surface area contributed by atoms with E-state index >= 15 is 4.39 Å². The van der Waals surface area contributed by atoms with Crippen LogP contribution in [0.1, 0.15) is 76.7 Å². The number of carbonyl (C=O) groups excluding carboxylic acids is 1. The fraction of sp³-hybridized carbons (Fsp3) is 0.429. The lowest BCUT2D eigenvalue weighted by Gasteiger charge is -2.41. The number of ether oxygens (including phenoxy) is 4. The number of aryl methyl sites for hydroxylation is 2. The molecule has 0 aliphatic carbocycles. The predicted molar refractivity (Wildman–Crippen MR) is 202 cm³/mol. The zero-order valence-corrected chi connectivity index (χ0v) is 31.3. The van der Waals surface area contributed by atoms with E-state index in [1.165, 1.54) is 7.11 Å². The van der Waals surface area contributed by atoms with Gasteiger partial charge in [-0.1, -0.05) is 36.4 Å². The molecule has 8 nitrogen and oxygen atoms in total. The molecule has 51 heavy (non-hydrogen) atoms. The van der Waals surface area contributed by atoms with Crippen molar-refractivity contribution in [1.82, 2.24) is 9.61 Å². The maximum absolute atomic E-state index is 15.9. The van der Waals surface area contributed by atoms with Gasteiger partial charge in [-0.25, -0.2) is 13.7 Å². The standard InChI is InChI=1S/C42H52FN3O5/c1-11-14-29(5)50-34-18-17-27(3)37(43)36(34)31-16-13-15-30(24-31)32-25-33-38(45-21-19-42(9,20-22-45)49-23-12-2)35(28(4)26-46(33)44-32)39(40(47)48-10)51-41(6,7)8/h11-13,15-18,24-26,29,39H,1-2,14,19-23H2,3-10H3/t29-,39?/m0/s1. The van der Waals surface area contributed by atoms with Crippen LogP contribution >= 0.6 is 0 Å². The molecule has 0 saturated carbocycles. The Morgan fingerprint density at radius 3 is 2.41 bits per heavy atom. The van der Waals surface area contributed by atoms with Crippen molar-refractivity contribution in [3.05, 3.63) is 96.5 Å². The third-order valence-corrected chi connectivity index (χ3v) is 9.38. The SMILES string of the molecule is C=CCOC1(C)CCN(c2c(C(OC(C)(C)C)C(=O)OC)c(C)cn3nc(-c4cccc(-c5c(O[C@@H](C)CC=C)ccc(C)c5F)c4)cc23)CC1. The number of rotatable bonds is 13. The summed E-state index contributed by atoms with van der Waals surface area (Å²) in [7, 11) is 1.38. The third-order valence-electron chi connectivity index (χ3n) is 9.38. The summed E-state index contributed by atoms with van der Waals surface area (Å²) in [5.41, 5.74) is 5.49. The maximum atomic E-state index is 15.9. The normalized spacial score (nSPS) is 15.7. The lowest BCUT2D eigenvalue weighted by molar-refractivity contribution is -0.164. The van der Waals surface area contributed by atoms with Crippen molar-refractivity contribution < 1.29 is 28.1 Å². The van der Waals surface area contributed by atoms with Gasteiger partial charge in [0.05, 0.1) is 53.5 Å². The van der Waals surface area contributed by atoms with Gasteiger partial charge in [0.15, 0.2) is 6.10 Å². The molecule has 1 aliphatic rings. The molecule has 1 saturated heterocycles. The lowest BCUT2D eigenvalue weighted by atomic mass is 9.91. The molecule has 1 fully saturated rings. The number of benzene rings is 2. The Hall–Kier alpha value is -4.47. The Labute approximate surface area is 301 Å². The Morgan fingerprint density at radius 1 is 1.06 bits per heavy atom. The van der Waals surface area contributed by atoms with E-state index in [0.29, 0.717) is 54.3 Å². The predicted octanol–water partition coefficient (Wildman–Crippen LogP) is 9.36. The first kappa shape index (κ1) is 37.8. The summed E-state index contributed by atoms with van der Waals surface area (Å²) in [5, 5.41) is 5.04. The zero-order chi connectivity index (χ0) is 37.1. The van der Waals surface area contributed by atoms with Crippen molar-refractivity contribution in [1.29, 1.82) is 0 Å². The smallest absolute Gasteiger partial charge is 0.339 e. The van der Waals surface area contributed by atoms with Crippen LogP contribution in [0.3, 0.4) is 0 Å². The monoisotopic (exact) mass is 697 g/mol. The average molecular weight is 698 g/mol. The van der Waals surface area contributed by atoms with Gasteiger partial charge in [-0.05, 0) is 96.2 Å². The average Bonchev–Trinajstić information content (AvgIpc) is 3.51. The highest BCUT2D eigenvalue weighted by atomic mass is 19.1. The van der Waals surface area contributed by atoms with Crippen molar-refractivity contribution in [3.63, 3.8) is 0 Å². The van der Waals surface area contributed by atoms with Crippen LogP contribution in [0, 0.1) is 19.7 Å². The molecule has 1 unspecified atom stereocenters. The van der Waals surface area contributed by atoms with Crippen LogP contribution in [0.15, 0.2) is 74.0 Å². The van der Waals surface area contributed by atoms with Crippen molar-refractivity contribution in [2.75, 3.05) is 31.7 Å². The number of anilines is 1. The Bertz CT molecular complexity index is 1900. The van der Waals surface area contributed by atoms with E-state index in [4.69, 9.17) is 24.0 Å². The lowest BCUT2D eigenvalue weighted by Crippen LogP contribution is -2.45. The van der Waals surface area contributed by atoms with Crippen molar-refractivity contribution in [2.24, 2.45) is 0 Å². The molecule has 0 amide bonds. The molecule has 0 radical (unpaired) electrons. The second-order valence-electron chi connectivity index (χ2n) is 14.7. The number of hydrogen-bond acceptors (Lipinski definition) is 7. The summed E-state index contributed by atoms with van der Waals surface area (Å²) >= 11 is 0. The van der Waals surface area contributed by atoms with Crippen molar-refractivity contribution in [3.8, 4) is 28.1 Å². The van der Waals surface area contributed by atoms with Crippen LogP contribution in [-0.2, 0) is 19.0 Å². The Balaban J connectivity index is 1.66. The number of carbonyl (C=O) groups is 1. The third kappa shape index (κ3) is 8.37. The fourth-order valence-electron chi connectivity index (χ4n) is 6.71. The molecule has 0 spiro atoms. The summed E-state index contributed by atoms with van der Waals surface area (Å²) in [6.07, 6.45) is 6.56. The highest BCUT2D eigenvalue weighted by Crippen LogP contribution is 2.42. The minimum Gasteiger partial charge on any atom is -0.490 e. The molecule has 2 atom stereocenters. The van der Waals surface area contributed by atoms with Gasteiger partial charge in [0.1, 0.15) is 11.6 Å². The summed E-state index contributed by atoms with van der Waals surface area (Å²) in [6, 6.07) is 13.3. The molecule has 0 bridgehead atoms. The highest BCUT2D eigenvalue weighted by Gasteiger charge is 2.37. The topological polar surface area (TPSA) is 74.5 Å². The number of piperidine rings is 1. The van der Waals surface area contributed by atoms with E-state index in [9.17, 15) is 4.79 Å². The fourth-order valence-corrected chi connectivity index (χ4v) is 6.71. The number of esters is 1. The molecule has 9 heteroatoms. The van der Waals surface area contributed by atoms with Crippen LogP contribution in [-0.4, -0.2) is 59.7 Å². The second kappa shape index (κ2) is 15.4. The molecular formula is C42H52FN3O5. The van der Waals surface area contributed by atoms with Gasteiger partial charge in [0.2, 0.25) is 0 Å². The highest BCUT2D eigenvalue weighted by molar-refractivity contribution is 5.88. The largest absolute Gasteiger partial charge is 0.490 e. The second-order valence-corrected chi connectivity index (χ2v) is 14.7. The quantitative estimate of drug-likeness (QED) is 0.102. The van der Waals surface area contributed by atoms with Crippen LogP contribution in [0.2, 0.25) is 0 Å². The van der Waals surface area contributed by atoms with Crippen molar-refractivity contribution >= 4 is 17.2 Å². The summed E-state index contributed by atoms with van der Waals surface area (Å²) in [5.74, 6) is -0.318. The van der Waals surface area contributed by atoms with E-state index in [1.54, 1.807) is 25.1 Å². The summed E-state index contributed by atoms with van der Waals surface area (Å²) < 4.78 is 41.9. The number of methoxy groups -OCH3 is 1. The van der Waals surface area contributed by atoms with Gasteiger partial charge in [-0.15, -0.1) is 13.2 Å². The van der Waals surface area contributed by atoms with E-state index in [-0.39, 0.29) is 17.5 Å². The van der Waals surface area contributed by atoms with Gasteiger partial charge in [-0.3, -0.25) is 0 Å². The molecule has 2 aromatic carbocycles. The van der Waals surface area contributed by atoms with E-state index in [2.05, 4.69) is 25.0 Å². The molecule has 3 heterocycles. The number of pyridine rings is 1. The maximum Gasteiger partial charge on any atom is 0.339 e. The first-order chi connectivity index (χ1) is 24.2. The van der Waals surface area contributed by atoms with Gasteiger partial charge in [0, 0.05) is 36.8 Å². The molecule has 272 valence electrons. The Kier molecular flexibility index (Phi) is 11.4. The first-order valence-corrected chi connectivity index (χ1v) is 17.6. The van der Waals surface area contributed by atoms with Crippen LogP contribution in [0.4, 0.5) is 10.1 Å². The first-order valence-electron chi connectivity index (χ1n) is 17.6. The van der Waals surface area contributed by atoms with Gasteiger partial charge >= 0.3 is 5.97 Å². The summed E-state index contributed by atoms with van der Waals surface area (Å²) in [4.78, 5) is 15.8. The summed E-state index contributed by atoms with van der Waals surface area (Å²) in [6.45, 7) is 23.1. The number of fused-ring (bicyclic) bond motifs is 1. The molecule has 5 rings (SSSR count). The minimum absolute atomic E-state index is 0.168. The number of hydrogen-bond donors (Lipinski definition) is 0. The molecule has 2 aromatic heterocycles. The number of nitrogens with zero attached hydrogens (tertiary/aromatic N) is 3. The van der Waals surface area contributed by atoms with Crippen LogP contribution < -0.4 is 9.64 Å². The van der Waals surface area contributed by atoms with Gasteiger partial charge in [0.25, 0.3) is 0 Å². The molecule has 0 N–H and O–H groups in total. The molecule has 1 aliphatic heterocycles. The number of aromatic nitrogens is 2. The van der Waals surface area contributed by atoms with Crippen LogP contribution in [0.5, 0.6) is 5.75 Å². The van der Waals surface area contributed by atoms with E-state index < -0.39 is 17.7 Å². The van der Waals surface area contributed by atoms with E-state index in [0.717, 1.165) is 40.7 Å². The zero-order valence-electron chi connectivity index (χ0n) is 31.3. The number of halogens is 1. The van der Waals surface area contributed by atoms with Crippen LogP contribution in [0.25, 0.3) is 27.9 Å². The Morgan fingerprint density at radius 2 is 1.76 bits per heavy atom. The van der Waals surface area contributed by atoms with E-state index in [1.807, 2.05) is 81.7 Å². The molecule has 4 aromatic rings.